The molecule has 11 heteroatoms. The van der Waals surface area contributed by atoms with Crippen LogP contribution in [-0.2, 0) is 27.8 Å². The Morgan fingerprint density at radius 1 is 0.951 bits per heavy atom. The molecule has 208 valence electrons. The van der Waals surface area contributed by atoms with Crippen molar-refractivity contribution in [3.05, 3.63) is 107 Å². The number of nitrogens with zero attached hydrogens (tertiary/aromatic N) is 2. The van der Waals surface area contributed by atoms with Gasteiger partial charge in [0, 0.05) is 23.9 Å². The van der Waals surface area contributed by atoms with E-state index in [2.05, 4.69) is 0 Å². The Kier molecular flexibility index (Phi) is 6.26. The van der Waals surface area contributed by atoms with Gasteiger partial charge in [-0.3, -0.25) is 4.79 Å². The maximum absolute atomic E-state index is 14.7. The van der Waals surface area contributed by atoms with Crippen molar-refractivity contribution in [2.24, 2.45) is 0 Å². The lowest BCUT2D eigenvalue weighted by molar-refractivity contribution is 0.0602. The second-order valence-corrected chi connectivity index (χ2v) is 11.4. The Bertz CT molecular complexity index is 2000. The van der Waals surface area contributed by atoms with Gasteiger partial charge in [0.2, 0.25) is 0 Å². The molecule has 0 atom stereocenters. The fourth-order valence-electron chi connectivity index (χ4n) is 5.36. The van der Waals surface area contributed by atoms with Crippen molar-refractivity contribution in [3.8, 4) is 5.75 Å². The first-order chi connectivity index (χ1) is 19.6. The molecule has 0 saturated carbocycles. The molecule has 0 aliphatic carbocycles. The summed E-state index contributed by atoms with van der Waals surface area (Å²) in [5.41, 5.74) is 0.995. The number of halogens is 2. The maximum atomic E-state index is 14.7. The van der Waals surface area contributed by atoms with Crippen molar-refractivity contribution in [3.63, 3.8) is 0 Å². The number of amides is 1. The summed E-state index contributed by atoms with van der Waals surface area (Å²) in [7, 11) is -1.78. The Morgan fingerprint density at radius 3 is 2.37 bits per heavy atom. The van der Waals surface area contributed by atoms with E-state index >= 15 is 0 Å². The zero-order valence-electron chi connectivity index (χ0n) is 21.9. The first-order valence-electron chi connectivity index (χ1n) is 12.4. The van der Waals surface area contributed by atoms with Gasteiger partial charge < -0.3 is 14.4 Å². The Hall–Kier alpha value is -4.77. The molecular weight excluding hydrogens is 554 g/mol. The minimum absolute atomic E-state index is 0.0669. The zero-order chi connectivity index (χ0) is 29.1. The second-order valence-electron chi connectivity index (χ2n) is 9.57. The van der Waals surface area contributed by atoms with Gasteiger partial charge in [-0.2, -0.15) is 0 Å². The molecule has 1 aliphatic heterocycles. The summed E-state index contributed by atoms with van der Waals surface area (Å²) in [6.07, 6.45) is 0. The molecule has 41 heavy (non-hydrogen) atoms. The van der Waals surface area contributed by atoms with Crippen molar-refractivity contribution in [1.82, 2.24) is 8.87 Å². The van der Waals surface area contributed by atoms with Gasteiger partial charge in [0.15, 0.2) is 0 Å². The third kappa shape index (κ3) is 4.20. The average Bonchev–Trinajstić information content (AvgIpc) is 3.46. The van der Waals surface area contributed by atoms with Crippen molar-refractivity contribution < 1.29 is 36.3 Å². The first-order valence-corrected chi connectivity index (χ1v) is 13.9. The van der Waals surface area contributed by atoms with Crippen LogP contribution in [0.4, 0.5) is 8.78 Å². The fraction of sp³-hybridized carbons (Fsp3) is 0.133. The molecule has 0 radical (unpaired) electrons. The normalized spacial score (nSPS) is 13.2. The molecule has 1 aromatic heterocycles. The smallest absolute Gasteiger partial charge is 0.340 e. The van der Waals surface area contributed by atoms with Gasteiger partial charge in [-0.1, -0.05) is 12.1 Å². The highest BCUT2D eigenvalue weighted by molar-refractivity contribution is 7.90. The number of hydrogen-bond acceptors (Lipinski definition) is 6. The van der Waals surface area contributed by atoms with E-state index in [-0.39, 0.29) is 50.9 Å². The van der Waals surface area contributed by atoms with Crippen LogP contribution in [0.3, 0.4) is 0 Å². The van der Waals surface area contributed by atoms with Crippen LogP contribution < -0.4 is 4.74 Å². The molecular formula is C30H22F2N2O6S. The van der Waals surface area contributed by atoms with E-state index in [4.69, 9.17) is 9.47 Å². The molecule has 8 nitrogen and oxygen atoms in total. The van der Waals surface area contributed by atoms with Crippen LogP contribution in [-0.4, -0.2) is 43.4 Å². The molecule has 0 fully saturated rings. The van der Waals surface area contributed by atoms with E-state index in [1.54, 1.807) is 6.07 Å². The topological polar surface area (TPSA) is 94.9 Å². The van der Waals surface area contributed by atoms with Crippen LogP contribution in [0.1, 0.15) is 31.8 Å². The Morgan fingerprint density at radius 2 is 1.68 bits per heavy atom. The van der Waals surface area contributed by atoms with Crippen LogP contribution >= 0.6 is 0 Å². The quantitative estimate of drug-likeness (QED) is 0.256. The maximum Gasteiger partial charge on any atom is 0.340 e. The van der Waals surface area contributed by atoms with Crippen LogP contribution in [0.25, 0.3) is 21.8 Å². The predicted molar refractivity (Wildman–Crippen MR) is 146 cm³/mol. The van der Waals surface area contributed by atoms with Gasteiger partial charge in [-0.25, -0.2) is 26.0 Å². The zero-order valence-corrected chi connectivity index (χ0v) is 22.7. The number of rotatable bonds is 6. The Balaban J connectivity index is 1.66. The van der Waals surface area contributed by atoms with Crippen molar-refractivity contribution >= 4 is 43.7 Å². The summed E-state index contributed by atoms with van der Waals surface area (Å²) >= 11 is 0. The minimum Gasteiger partial charge on any atom is -0.497 e. The van der Waals surface area contributed by atoms with Gasteiger partial charge in [0.1, 0.15) is 17.4 Å². The summed E-state index contributed by atoms with van der Waals surface area (Å²) < 4.78 is 67.9. The van der Waals surface area contributed by atoms with E-state index in [0.717, 1.165) is 23.2 Å². The molecule has 0 saturated heterocycles. The van der Waals surface area contributed by atoms with Gasteiger partial charge >= 0.3 is 5.97 Å². The first kappa shape index (κ1) is 26.5. The fourth-order valence-corrected chi connectivity index (χ4v) is 6.90. The Labute approximate surface area is 233 Å². The van der Waals surface area contributed by atoms with Gasteiger partial charge in [0.25, 0.3) is 15.9 Å². The minimum atomic E-state index is -4.39. The molecule has 1 aliphatic rings. The molecule has 0 bridgehead atoms. The van der Waals surface area contributed by atoms with Crippen LogP contribution in [0.5, 0.6) is 5.75 Å². The molecule has 0 N–H and O–H groups in total. The number of benzene rings is 4. The lowest BCUT2D eigenvalue weighted by atomic mass is 9.98. The van der Waals surface area contributed by atoms with Crippen LogP contribution in [0, 0.1) is 11.6 Å². The van der Waals surface area contributed by atoms with Crippen molar-refractivity contribution in [2.75, 3.05) is 14.2 Å². The molecule has 0 spiro atoms. The van der Waals surface area contributed by atoms with E-state index in [1.807, 2.05) is 0 Å². The number of hydrogen-bond donors (Lipinski definition) is 0. The lowest BCUT2D eigenvalue weighted by Gasteiger charge is -2.15. The largest absolute Gasteiger partial charge is 0.497 e. The molecule has 5 aromatic rings. The number of methoxy groups -OCH3 is 2. The molecule has 0 unspecified atom stereocenters. The van der Waals surface area contributed by atoms with E-state index in [0.29, 0.717) is 16.9 Å². The lowest BCUT2D eigenvalue weighted by Crippen LogP contribution is -2.23. The van der Waals surface area contributed by atoms with Crippen LogP contribution in [0.2, 0.25) is 0 Å². The monoisotopic (exact) mass is 576 g/mol. The summed E-state index contributed by atoms with van der Waals surface area (Å²) in [5.74, 6) is -1.97. The highest BCUT2D eigenvalue weighted by atomic mass is 32.2. The molecule has 1 amide bonds. The number of esters is 1. The highest BCUT2D eigenvalue weighted by Crippen LogP contribution is 2.42. The van der Waals surface area contributed by atoms with Crippen molar-refractivity contribution in [2.45, 2.75) is 18.0 Å². The number of fused-ring (bicyclic) bond motifs is 5. The number of carbonyl (C=O) groups excluding carboxylic acids is 2. The van der Waals surface area contributed by atoms with Gasteiger partial charge in [-0.05, 0) is 71.8 Å². The summed E-state index contributed by atoms with van der Waals surface area (Å²) in [6, 6.07) is 16.5. The number of aromatic nitrogens is 1. The number of ether oxygens (including phenoxy) is 2. The van der Waals surface area contributed by atoms with Crippen molar-refractivity contribution in [1.29, 1.82) is 0 Å². The molecule has 6 rings (SSSR count). The highest BCUT2D eigenvalue weighted by Gasteiger charge is 2.36. The van der Waals surface area contributed by atoms with E-state index in [9.17, 15) is 26.8 Å². The molecule has 2 heterocycles. The summed E-state index contributed by atoms with van der Waals surface area (Å²) in [4.78, 5) is 28.3. The average molecular weight is 577 g/mol. The summed E-state index contributed by atoms with van der Waals surface area (Å²) in [6.45, 7) is 0.134. The number of carbonyl (C=O) groups is 2. The second kappa shape index (κ2) is 9.70. The van der Waals surface area contributed by atoms with E-state index < -0.39 is 33.5 Å². The predicted octanol–water partition coefficient (Wildman–Crippen LogP) is 5.26. The van der Waals surface area contributed by atoms with Gasteiger partial charge in [-0.15, -0.1) is 0 Å². The standard InChI is InChI=1S/C30H22F2N2O6S/c1-39-21-7-9-22(10-8-21)41(37,38)34-25-11-6-20(32)14-23(25)27-26-18(13-24(28(27)34)30(36)40-2)16-33(29(26)35)15-17-4-3-5-19(31)12-17/h3-14H,15-16H2,1-2H3. The third-order valence-electron chi connectivity index (χ3n) is 7.16. The summed E-state index contributed by atoms with van der Waals surface area (Å²) in [5, 5.41) is 0.251. The van der Waals surface area contributed by atoms with Gasteiger partial charge in [0.05, 0.1) is 41.3 Å². The van der Waals surface area contributed by atoms with Crippen LogP contribution in [0.15, 0.2) is 77.7 Å². The molecule has 4 aromatic carbocycles. The SMILES string of the molecule is COC(=O)c1cc2c(c3c4cc(F)ccc4n(S(=O)(=O)c4ccc(OC)cc4)c13)C(=O)N(Cc1cccc(F)c1)C2. The van der Waals surface area contributed by atoms with E-state index in [1.165, 1.54) is 66.6 Å². The third-order valence-corrected chi connectivity index (χ3v) is 8.89.